The van der Waals surface area contributed by atoms with E-state index < -0.39 is 15.9 Å². The third-order valence-electron chi connectivity index (χ3n) is 5.08. The summed E-state index contributed by atoms with van der Waals surface area (Å²) in [5, 5.41) is 9.27. The number of carbonyl (C=O) groups excluding carboxylic acids is 1. The summed E-state index contributed by atoms with van der Waals surface area (Å²) in [6.45, 7) is 0.466. The lowest BCUT2D eigenvalue weighted by molar-refractivity contribution is 0.0876. The van der Waals surface area contributed by atoms with Crippen LogP contribution in [0.4, 0.5) is 0 Å². The van der Waals surface area contributed by atoms with Crippen molar-refractivity contribution < 1.29 is 17.6 Å². The van der Waals surface area contributed by atoms with Gasteiger partial charge in [0.1, 0.15) is 10.7 Å². The summed E-state index contributed by atoms with van der Waals surface area (Å²) in [7, 11) is -3.83. The fraction of sp³-hybridized carbons (Fsp3) is 0.136. The average Bonchev–Trinajstić information content (AvgIpc) is 3.51. The quantitative estimate of drug-likeness (QED) is 0.384. The van der Waals surface area contributed by atoms with Crippen molar-refractivity contribution in [3.63, 3.8) is 0 Å². The number of benzene rings is 2. The van der Waals surface area contributed by atoms with Crippen LogP contribution in [0.15, 0.2) is 87.5 Å². The van der Waals surface area contributed by atoms with Crippen LogP contribution >= 0.6 is 11.8 Å². The van der Waals surface area contributed by atoms with Crippen LogP contribution in [-0.2, 0) is 16.6 Å². The number of hydrogen-bond donors (Lipinski definition) is 0. The van der Waals surface area contributed by atoms with Crippen molar-refractivity contribution in [3.8, 4) is 11.4 Å². The molecule has 0 fully saturated rings. The predicted octanol–water partition coefficient (Wildman–Crippen LogP) is 3.52. The number of amides is 1. The molecule has 2 aromatic heterocycles. The number of carbonyl (C=O) groups is 1. The summed E-state index contributed by atoms with van der Waals surface area (Å²) in [5.74, 6) is 1.27. The highest BCUT2D eigenvalue weighted by molar-refractivity contribution is 7.99. The zero-order chi connectivity index (χ0) is 22.1. The van der Waals surface area contributed by atoms with E-state index in [0.717, 1.165) is 15.6 Å². The Morgan fingerprint density at radius 3 is 2.47 bits per heavy atom. The predicted molar refractivity (Wildman–Crippen MR) is 119 cm³/mol. The summed E-state index contributed by atoms with van der Waals surface area (Å²) < 4.78 is 33.9. The minimum atomic E-state index is -3.83. The van der Waals surface area contributed by atoms with Crippen LogP contribution in [0.3, 0.4) is 0 Å². The van der Waals surface area contributed by atoms with Crippen molar-refractivity contribution in [3.05, 3.63) is 84.3 Å². The molecule has 0 atom stereocenters. The summed E-state index contributed by atoms with van der Waals surface area (Å²) in [5.41, 5.74) is 1.12. The van der Waals surface area contributed by atoms with E-state index in [1.54, 1.807) is 18.4 Å². The van der Waals surface area contributed by atoms with Crippen LogP contribution in [0, 0.1) is 0 Å². The Kier molecular flexibility index (Phi) is 5.32. The van der Waals surface area contributed by atoms with Gasteiger partial charge in [-0.15, -0.1) is 10.2 Å². The molecule has 0 N–H and O–H groups in total. The van der Waals surface area contributed by atoms with Gasteiger partial charge in [-0.2, -0.15) is 0 Å². The van der Waals surface area contributed by atoms with Gasteiger partial charge in [-0.25, -0.2) is 12.7 Å². The highest BCUT2D eigenvalue weighted by atomic mass is 32.2. The molecule has 0 aliphatic carbocycles. The van der Waals surface area contributed by atoms with Crippen molar-refractivity contribution in [1.29, 1.82) is 0 Å². The van der Waals surface area contributed by atoms with Gasteiger partial charge in [-0.3, -0.25) is 9.36 Å². The molecule has 0 bridgehead atoms. The number of aromatic nitrogens is 3. The Morgan fingerprint density at radius 2 is 1.72 bits per heavy atom. The van der Waals surface area contributed by atoms with Crippen LogP contribution in [0.2, 0.25) is 0 Å². The van der Waals surface area contributed by atoms with Gasteiger partial charge in [0.15, 0.2) is 11.0 Å². The number of rotatable bonds is 7. The summed E-state index contributed by atoms with van der Waals surface area (Å²) in [6, 6.07) is 19.6. The number of thioether (sulfide) groups is 1. The second-order valence-corrected chi connectivity index (χ2v) is 9.96. The fourth-order valence-corrected chi connectivity index (χ4v) is 6.12. The Morgan fingerprint density at radius 1 is 0.938 bits per heavy atom. The lowest BCUT2D eigenvalue weighted by Crippen LogP contribution is -2.32. The molecule has 162 valence electrons. The third kappa shape index (κ3) is 3.61. The molecule has 1 aliphatic heterocycles. The maximum atomic E-state index is 12.8. The van der Waals surface area contributed by atoms with Crippen LogP contribution in [0.1, 0.15) is 16.1 Å². The lowest BCUT2D eigenvalue weighted by Gasteiger charge is -2.15. The zero-order valence-corrected chi connectivity index (χ0v) is 18.4. The standard InChI is InChI=1S/C22H18N4O4S2/c27-21-18-10-4-5-11-19(18)32(28,29)26(21)12-14-31-22-24-23-20(16-7-2-1-3-8-16)25(22)15-17-9-6-13-30-17/h1-11,13H,12,14-15H2. The molecular weight excluding hydrogens is 448 g/mol. The SMILES string of the molecule is O=C1c2ccccc2S(=O)(=O)N1CCSc1nnc(-c2ccccc2)n1Cc1ccco1. The molecule has 1 aliphatic rings. The number of hydrogen-bond acceptors (Lipinski definition) is 7. The minimum absolute atomic E-state index is 0.0365. The molecule has 8 nitrogen and oxygen atoms in total. The molecule has 4 aromatic rings. The van der Waals surface area contributed by atoms with E-state index in [9.17, 15) is 13.2 Å². The number of fused-ring (bicyclic) bond motifs is 1. The van der Waals surface area contributed by atoms with Gasteiger partial charge in [0.05, 0.1) is 18.4 Å². The van der Waals surface area contributed by atoms with E-state index >= 15 is 0 Å². The molecule has 3 heterocycles. The Labute approximate surface area is 188 Å². The van der Waals surface area contributed by atoms with E-state index in [-0.39, 0.29) is 17.0 Å². The highest BCUT2D eigenvalue weighted by Crippen LogP contribution is 2.31. The van der Waals surface area contributed by atoms with E-state index in [4.69, 9.17) is 4.42 Å². The van der Waals surface area contributed by atoms with Crippen LogP contribution in [0.5, 0.6) is 0 Å². The highest BCUT2D eigenvalue weighted by Gasteiger charge is 2.40. The number of furan rings is 1. The summed E-state index contributed by atoms with van der Waals surface area (Å²) >= 11 is 1.34. The van der Waals surface area contributed by atoms with Crippen molar-refractivity contribution in [1.82, 2.24) is 19.1 Å². The molecule has 1 amide bonds. The first-order valence-corrected chi connectivity index (χ1v) is 12.3. The Hall–Kier alpha value is -3.37. The van der Waals surface area contributed by atoms with Gasteiger partial charge in [-0.1, -0.05) is 54.2 Å². The molecule has 32 heavy (non-hydrogen) atoms. The fourth-order valence-electron chi connectivity index (χ4n) is 3.57. The Balaban J connectivity index is 1.37. The van der Waals surface area contributed by atoms with Crippen molar-refractivity contribution in [2.75, 3.05) is 12.3 Å². The molecule has 5 rings (SSSR count). The zero-order valence-electron chi connectivity index (χ0n) is 16.8. The van der Waals surface area contributed by atoms with Gasteiger partial charge in [-0.05, 0) is 24.3 Å². The van der Waals surface area contributed by atoms with E-state index in [1.807, 2.05) is 47.0 Å². The Bertz CT molecular complexity index is 1370. The van der Waals surface area contributed by atoms with Crippen LogP contribution in [0.25, 0.3) is 11.4 Å². The van der Waals surface area contributed by atoms with E-state index in [1.165, 1.54) is 23.9 Å². The minimum Gasteiger partial charge on any atom is -0.467 e. The molecule has 10 heteroatoms. The molecule has 0 saturated carbocycles. The molecule has 0 spiro atoms. The second-order valence-electron chi connectivity index (χ2n) is 7.06. The van der Waals surface area contributed by atoms with Gasteiger partial charge in [0, 0.05) is 17.9 Å². The molecule has 0 saturated heterocycles. The van der Waals surface area contributed by atoms with Gasteiger partial charge >= 0.3 is 0 Å². The topological polar surface area (TPSA) is 98.3 Å². The van der Waals surface area contributed by atoms with Crippen molar-refractivity contribution in [2.45, 2.75) is 16.6 Å². The number of nitrogens with zero attached hydrogens (tertiary/aromatic N) is 4. The molecular formula is C22H18N4O4S2. The summed E-state index contributed by atoms with van der Waals surface area (Å²) in [4.78, 5) is 12.7. The normalized spacial score (nSPS) is 14.6. The first kappa shape index (κ1) is 20.5. The van der Waals surface area contributed by atoms with Gasteiger partial charge in [0.25, 0.3) is 15.9 Å². The van der Waals surface area contributed by atoms with E-state index in [0.29, 0.717) is 23.3 Å². The van der Waals surface area contributed by atoms with Gasteiger partial charge in [0.2, 0.25) is 0 Å². The maximum Gasteiger partial charge on any atom is 0.269 e. The van der Waals surface area contributed by atoms with Gasteiger partial charge < -0.3 is 4.42 Å². The first-order valence-electron chi connectivity index (χ1n) is 9.85. The molecule has 0 radical (unpaired) electrons. The average molecular weight is 467 g/mol. The van der Waals surface area contributed by atoms with Crippen LogP contribution in [-0.4, -0.2) is 45.7 Å². The number of sulfonamides is 1. The van der Waals surface area contributed by atoms with E-state index in [2.05, 4.69) is 10.2 Å². The summed E-state index contributed by atoms with van der Waals surface area (Å²) in [6.07, 6.45) is 1.61. The van der Waals surface area contributed by atoms with Crippen molar-refractivity contribution >= 4 is 27.7 Å². The smallest absolute Gasteiger partial charge is 0.269 e. The third-order valence-corrected chi connectivity index (χ3v) is 7.87. The maximum absolute atomic E-state index is 12.8. The first-order chi connectivity index (χ1) is 15.6. The second kappa shape index (κ2) is 8.29. The monoisotopic (exact) mass is 466 g/mol. The molecule has 0 unspecified atom stereocenters. The molecule has 2 aromatic carbocycles. The lowest BCUT2D eigenvalue weighted by atomic mass is 10.2. The van der Waals surface area contributed by atoms with Crippen LogP contribution < -0.4 is 0 Å². The largest absolute Gasteiger partial charge is 0.467 e. The van der Waals surface area contributed by atoms with Crippen molar-refractivity contribution in [2.24, 2.45) is 0 Å².